The van der Waals surface area contributed by atoms with Gasteiger partial charge in [-0.2, -0.15) is 0 Å². The number of carbonyl (C=O) groups excluding carboxylic acids is 2. The van der Waals surface area contributed by atoms with Crippen molar-refractivity contribution in [3.8, 4) is 5.75 Å². The first kappa shape index (κ1) is 25.1. The van der Waals surface area contributed by atoms with Crippen LogP contribution in [0.1, 0.15) is 30.5 Å². The van der Waals surface area contributed by atoms with Gasteiger partial charge in [-0.3, -0.25) is 4.79 Å². The fourth-order valence-electron chi connectivity index (χ4n) is 4.65. The standard InChI is InChI=1S/C28H29N3O5S/c1-19-25(27(33)34-2)26(21-9-6-10-23(15-21)36-17-20-7-4-3-5-8-20)31-22(18-37-28(31)29-19)16-24(32)30-11-13-35-14-12-30/h3-10,15,18,26H,11-14,16-17H2,1-2H3/t26-/m1/s1. The highest BCUT2D eigenvalue weighted by atomic mass is 32.2. The van der Waals surface area contributed by atoms with Crippen molar-refractivity contribution >= 4 is 28.8 Å². The molecule has 1 amide bonds. The lowest BCUT2D eigenvalue weighted by Crippen LogP contribution is -2.42. The Morgan fingerprint density at radius 2 is 1.89 bits per heavy atom. The van der Waals surface area contributed by atoms with Gasteiger partial charge in [-0.05, 0) is 35.6 Å². The fraction of sp³-hybridized carbons (Fsp3) is 0.321. The van der Waals surface area contributed by atoms with E-state index in [1.165, 1.54) is 18.9 Å². The molecule has 1 atom stereocenters. The smallest absolute Gasteiger partial charge is 0.338 e. The van der Waals surface area contributed by atoms with Crippen LogP contribution in [0.4, 0.5) is 0 Å². The highest BCUT2D eigenvalue weighted by Crippen LogP contribution is 2.45. The zero-order valence-electron chi connectivity index (χ0n) is 20.9. The van der Waals surface area contributed by atoms with E-state index in [4.69, 9.17) is 19.2 Å². The average molecular weight is 520 g/mol. The maximum Gasteiger partial charge on any atom is 0.338 e. The summed E-state index contributed by atoms with van der Waals surface area (Å²) in [6.45, 7) is 4.50. The quantitative estimate of drug-likeness (QED) is 0.506. The Morgan fingerprint density at radius 3 is 2.65 bits per heavy atom. The topological polar surface area (TPSA) is 80.7 Å². The number of carbonyl (C=O) groups is 2. The Bertz CT molecular complexity index is 1270. The third-order valence-electron chi connectivity index (χ3n) is 6.52. The van der Waals surface area contributed by atoms with Crippen molar-refractivity contribution in [1.29, 1.82) is 0 Å². The van der Waals surface area contributed by atoms with Crippen molar-refractivity contribution in [3.63, 3.8) is 0 Å². The third kappa shape index (κ3) is 5.42. The molecule has 3 aliphatic heterocycles. The van der Waals surface area contributed by atoms with Crippen LogP contribution in [-0.2, 0) is 25.7 Å². The van der Waals surface area contributed by atoms with Crippen molar-refractivity contribution in [2.75, 3.05) is 33.4 Å². The van der Waals surface area contributed by atoms with Crippen LogP contribution in [0.15, 0.2) is 82.0 Å². The van der Waals surface area contributed by atoms with Gasteiger partial charge in [-0.1, -0.05) is 54.2 Å². The summed E-state index contributed by atoms with van der Waals surface area (Å²) in [7, 11) is 1.37. The van der Waals surface area contributed by atoms with Crippen LogP contribution in [0.25, 0.3) is 0 Å². The molecular formula is C28H29N3O5S. The molecule has 37 heavy (non-hydrogen) atoms. The molecule has 0 saturated carbocycles. The van der Waals surface area contributed by atoms with Crippen molar-refractivity contribution < 1.29 is 23.8 Å². The summed E-state index contributed by atoms with van der Waals surface area (Å²) < 4.78 is 16.6. The second-order valence-corrected chi connectivity index (χ2v) is 9.74. The number of aliphatic imine (C=N–C) groups is 1. The minimum absolute atomic E-state index is 0.0287. The molecular weight excluding hydrogens is 490 g/mol. The molecule has 1 fully saturated rings. The number of ether oxygens (including phenoxy) is 3. The second-order valence-electron chi connectivity index (χ2n) is 8.90. The summed E-state index contributed by atoms with van der Waals surface area (Å²) in [5, 5.41) is 2.68. The van der Waals surface area contributed by atoms with Gasteiger partial charge in [0, 0.05) is 18.8 Å². The lowest BCUT2D eigenvalue weighted by Gasteiger charge is -2.37. The molecule has 9 heteroatoms. The van der Waals surface area contributed by atoms with Gasteiger partial charge in [0.05, 0.1) is 44.1 Å². The maximum atomic E-state index is 13.1. The molecule has 0 unspecified atom stereocenters. The van der Waals surface area contributed by atoms with Gasteiger partial charge in [0.1, 0.15) is 12.4 Å². The molecule has 3 heterocycles. The molecule has 0 radical (unpaired) electrons. The van der Waals surface area contributed by atoms with Crippen LogP contribution >= 0.6 is 11.8 Å². The number of rotatable bonds is 7. The number of nitrogens with zero attached hydrogens (tertiary/aromatic N) is 3. The Balaban J connectivity index is 1.45. The van der Waals surface area contributed by atoms with Crippen molar-refractivity contribution in [1.82, 2.24) is 9.80 Å². The van der Waals surface area contributed by atoms with Gasteiger partial charge < -0.3 is 24.0 Å². The Labute approximate surface area is 220 Å². The van der Waals surface area contributed by atoms with Crippen molar-refractivity contribution in [3.05, 3.63) is 88.1 Å². The predicted molar refractivity (Wildman–Crippen MR) is 142 cm³/mol. The molecule has 0 aliphatic carbocycles. The molecule has 2 aromatic carbocycles. The summed E-state index contributed by atoms with van der Waals surface area (Å²) in [5.74, 6) is 0.270. The molecule has 0 N–H and O–H groups in total. The Kier molecular flexibility index (Phi) is 7.62. The number of benzene rings is 2. The van der Waals surface area contributed by atoms with Gasteiger partial charge in [0.25, 0.3) is 0 Å². The lowest BCUT2D eigenvalue weighted by molar-refractivity contribution is -0.136. The monoisotopic (exact) mass is 519 g/mol. The molecule has 3 aliphatic rings. The van der Waals surface area contributed by atoms with E-state index in [-0.39, 0.29) is 12.3 Å². The highest BCUT2D eigenvalue weighted by Gasteiger charge is 2.41. The summed E-state index contributed by atoms with van der Waals surface area (Å²) in [5.41, 5.74) is 3.76. The number of methoxy groups -OCH3 is 1. The van der Waals surface area contributed by atoms with Gasteiger partial charge in [0.2, 0.25) is 5.91 Å². The van der Waals surface area contributed by atoms with Crippen LogP contribution < -0.4 is 4.74 Å². The van der Waals surface area contributed by atoms with Crippen LogP contribution in [0.2, 0.25) is 0 Å². The minimum atomic E-state index is -0.501. The number of hydrogen-bond donors (Lipinski definition) is 0. The highest BCUT2D eigenvalue weighted by molar-refractivity contribution is 8.16. The van der Waals surface area contributed by atoms with Crippen molar-refractivity contribution in [2.24, 2.45) is 4.99 Å². The first-order valence-electron chi connectivity index (χ1n) is 12.2. The normalized spacial score (nSPS) is 19.2. The van der Waals surface area contributed by atoms with Crippen LogP contribution in [-0.4, -0.2) is 60.3 Å². The number of amides is 1. The number of esters is 1. The molecule has 0 aromatic heterocycles. The number of hydrogen-bond acceptors (Lipinski definition) is 8. The molecule has 192 valence electrons. The summed E-state index contributed by atoms with van der Waals surface area (Å²) in [6.07, 6.45) is 0.209. The first-order valence-corrected chi connectivity index (χ1v) is 13.1. The van der Waals surface area contributed by atoms with Crippen LogP contribution in [0.3, 0.4) is 0 Å². The minimum Gasteiger partial charge on any atom is -0.489 e. The van der Waals surface area contributed by atoms with Crippen molar-refractivity contribution in [2.45, 2.75) is 26.0 Å². The van der Waals surface area contributed by atoms with E-state index in [2.05, 4.69) is 0 Å². The number of allylic oxidation sites excluding steroid dienone is 1. The fourth-order valence-corrected chi connectivity index (χ4v) is 5.62. The number of amidine groups is 1. The van der Waals surface area contributed by atoms with E-state index in [0.717, 1.165) is 22.0 Å². The number of thioether (sulfide) groups is 1. The number of morpholine rings is 1. The lowest BCUT2D eigenvalue weighted by atomic mass is 9.93. The number of fused-ring (bicyclic) bond motifs is 1. The van der Waals surface area contributed by atoms with E-state index in [1.54, 1.807) is 0 Å². The second kappa shape index (κ2) is 11.2. The largest absolute Gasteiger partial charge is 0.489 e. The zero-order chi connectivity index (χ0) is 25.8. The molecule has 5 rings (SSSR count). The van der Waals surface area contributed by atoms with E-state index >= 15 is 0 Å². The summed E-state index contributed by atoms with van der Waals surface area (Å²) in [4.78, 5) is 34.6. The molecule has 0 bridgehead atoms. The molecule has 0 spiro atoms. The van der Waals surface area contributed by atoms with Gasteiger partial charge in [-0.15, -0.1) is 0 Å². The SMILES string of the molecule is COC(=O)C1=C(C)N=C2SC=C(CC(=O)N3CCOCC3)N2[C@@H]1c1cccc(OCc2ccccc2)c1. The van der Waals surface area contributed by atoms with Crippen LogP contribution in [0.5, 0.6) is 5.75 Å². The van der Waals surface area contributed by atoms with E-state index < -0.39 is 12.0 Å². The first-order chi connectivity index (χ1) is 18.0. The van der Waals surface area contributed by atoms with Gasteiger partial charge in [0.15, 0.2) is 5.17 Å². The van der Waals surface area contributed by atoms with Gasteiger partial charge >= 0.3 is 5.97 Å². The van der Waals surface area contributed by atoms with Gasteiger partial charge in [-0.25, -0.2) is 9.79 Å². The van der Waals surface area contributed by atoms with E-state index in [9.17, 15) is 9.59 Å². The average Bonchev–Trinajstić information content (AvgIpc) is 3.33. The maximum absolute atomic E-state index is 13.1. The molecule has 1 saturated heterocycles. The summed E-state index contributed by atoms with van der Waals surface area (Å²) >= 11 is 1.46. The van der Waals surface area contributed by atoms with E-state index in [0.29, 0.717) is 49.9 Å². The summed E-state index contributed by atoms with van der Waals surface area (Å²) in [6, 6.07) is 17.2. The van der Waals surface area contributed by atoms with E-state index in [1.807, 2.05) is 76.7 Å². The van der Waals surface area contributed by atoms with Crippen LogP contribution in [0, 0.1) is 0 Å². The predicted octanol–water partition coefficient (Wildman–Crippen LogP) is 4.26. The molecule has 8 nitrogen and oxygen atoms in total. The molecule has 2 aromatic rings. The Hall–Kier alpha value is -3.56. The Morgan fingerprint density at radius 1 is 1.11 bits per heavy atom. The zero-order valence-corrected chi connectivity index (χ0v) is 21.7. The third-order valence-corrected chi connectivity index (χ3v) is 7.41.